The van der Waals surface area contributed by atoms with Gasteiger partial charge in [-0.15, -0.1) is 0 Å². The van der Waals surface area contributed by atoms with Crippen LogP contribution in [0.2, 0.25) is 0 Å². The standard InChI is InChI=1S/C12H11N3/c1-10-7-9-14-15(10)12-4-2-11(3-5-12)6-8-13/h2-5,7,9H,6H2,1H3. The summed E-state index contributed by atoms with van der Waals surface area (Å²) < 4.78 is 1.87. The summed E-state index contributed by atoms with van der Waals surface area (Å²) in [5.74, 6) is 0. The lowest BCUT2D eigenvalue weighted by Gasteiger charge is -2.04. The van der Waals surface area contributed by atoms with Gasteiger partial charge in [0.2, 0.25) is 0 Å². The van der Waals surface area contributed by atoms with Crippen LogP contribution in [0.25, 0.3) is 5.69 Å². The Morgan fingerprint density at radius 1 is 1.27 bits per heavy atom. The molecule has 1 aromatic carbocycles. The fourth-order valence-corrected chi connectivity index (χ4v) is 1.49. The summed E-state index contributed by atoms with van der Waals surface area (Å²) >= 11 is 0. The molecule has 1 heterocycles. The molecule has 0 bridgehead atoms. The number of hydrogen-bond acceptors (Lipinski definition) is 2. The molecular weight excluding hydrogens is 186 g/mol. The fourth-order valence-electron chi connectivity index (χ4n) is 1.49. The third kappa shape index (κ3) is 1.89. The lowest BCUT2D eigenvalue weighted by Crippen LogP contribution is -1.98. The number of aryl methyl sites for hydroxylation is 1. The van der Waals surface area contributed by atoms with Crippen LogP contribution in [-0.4, -0.2) is 9.78 Å². The summed E-state index contributed by atoms with van der Waals surface area (Å²) in [6, 6.07) is 12.0. The second-order valence-electron chi connectivity index (χ2n) is 3.39. The predicted molar refractivity (Wildman–Crippen MR) is 57.6 cm³/mol. The number of nitriles is 1. The smallest absolute Gasteiger partial charge is 0.0669 e. The van der Waals surface area contributed by atoms with Gasteiger partial charge in [0.25, 0.3) is 0 Å². The maximum absolute atomic E-state index is 8.55. The van der Waals surface area contributed by atoms with E-state index in [4.69, 9.17) is 5.26 Å². The van der Waals surface area contributed by atoms with Crippen molar-refractivity contribution < 1.29 is 0 Å². The van der Waals surface area contributed by atoms with Crippen LogP contribution >= 0.6 is 0 Å². The summed E-state index contributed by atoms with van der Waals surface area (Å²) in [4.78, 5) is 0. The van der Waals surface area contributed by atoms with Crippen LogP contribution in [0.4, 0.5) is 0 Å². The molecule has 0 unspecified atom stereocenters. The molecule has 2 rings (SSSR count). The highest BCUT2D eigenvalue weighted by atomic mass is 15.3. The van der Waals surface area contributed by atoms with E-state index in [9.17, 15) is 0 Å². The molecule has 0 saturated heterocycles. The minimum atomic E-state index is 0.457. The third-order valence-electron chi connectivity index (χ3n) is 2.30. The van der Waals surface area contributed by atoms with E-state index in [0.717, 1.165) is 16.9 Å². The monoisotopic (exact) mass is 197 g/mol. The normalized spacial score (nSPS) is 9.87. The van der Waals surface area contributed by atoms with Crippen LogP contribution in [-0.2, 0) is 6.42 Å². The van der Waals surface area contributed by atoms with Crippen molar-refractivity contribution in [3.05, 3.63) is 47.8 Å². The van der Waals surface area contributed by atoms with Gasteiger partial charge in [0.05, 0.1) is 18.2 Å². The van der Waals surface area contributed by atoms with Crippen molar-refractivity contribution >= 4 is 0 Å². The molecule has 1 aromatic heterocycles. The Balaban J connectivity index is 2.33. The van der Waals surface area contributed by atoms with E-state index in [2.05, 4.69) is 11.2 Å². The Bertz CT molecular complexity index is 488. The number of nitrogens with zero attached hydrogens (tertiary/aromatic N) is 3. The average molecular weight is 197 g/mol. The van der Waals surface area contributed by atoms with Crippen molar-refractivity contribution in [2.45, 2.75) is 13.3 Å². The highest BCUT2D eigenvalue weighted by molar-refractivity contribution is 5.35. The summed E-state index contributed by atoms with van der Waals surface area (Å²) in [5, 5.41) is 12.8. The second kappa shape index (κ2) is 3.97. The summed E-state index contributed by atoms with van der Waals surface area (Å²) in [6.07, 6.45) is 2.23. The maximum atomic E-state index is 8.55. The lowest BCUT2D eigenvalue weighted by atomic mass is 10.1. The molecule has 0 N–H and O–H groups in total. The molecule has 0 aliphatic carbocycles. The van der Waals surface area contributed by atoms with E-state index in [-0.39, 0.29) is 0 Å². The molecule has 0 aliphatic heterocycles. The maximum Gasteiger partial charge on any atom is 0.0669 e. The molecule has 0 spiro atoms. The second-order valence-corrected chi connectivity index (χ2v) is 3.39. The summed E-state index contributed by atoms with van der Waals surface area (Å²) in [7, 11) is 0. The predicted octanol–water partition coefficient (Wildman–Crippen LogP) is 2.25. The highest BCUT2D eigenvalue weighted by Crippen LogP contribution is 2.11. The molecule has 0 fully saturated rings. The Morgan fingerprint density at radius 3 is 2.53 bits per heavy atom. The minimum absolute atomic E-state index is 0.457. The van der Waals surface area contributed by atoms with Gasteiger partial charge in [0.1, 0.15) is 0 Å². The molecule has 2 aromatic rings. The quantitative estimate of drug-likeness (QED) is 0.740. The minimum Gasteiger partial charge on any atom is -0.238 e. The van der Waals surface area contributed by atoms with Crippen molar-refractivity contribution in [2.24, 2.45) is 0 Å². The van der Waals surface area contributed by atoms with Crippen LogP contribution in [0.3, 0.4) is 0 Å². The fraction of sp³-hybridized carbons (Fsp3) is 0.167. The first-order chi connectivity index (χ1) is 7.31. The molecule has 74 valence electrons. The molecule has 0 radical (unpaired) electrons. The van der Waals surface area contributed by atoms with Crippen LogP contribution in [0, 0.1) is 18.3 Å². The first-order valence-electron chi connectivity index (χ1n) is 4.78. The van der Waals surface area contributed by atoms with Gasteiger partial charge in [-0.2, -0.15) is 10.4 Å². The van der Waals surface area contributed by atoms with Crippen LogP contribution in [0.5, 0.6) is 0 Å². The van der Waals surface area contributed by atoms with Gasteiger partial charge in [0.15, 0.2) is 0 Å². The zero-order valence-corrected chi connectivity index (χ0v) is 8.51. The number of rotatable bonds is 2. The molecule has 0 atom stereocenters. The molecule has 15 heavy (non-hydrogen) atoms. The molecule has 0 aliphatic rings. The molecular formula is C12H11N3. The van der Waals surface area contributed by atoms with Crippen molar-refractivity contribution in [1.29, 1.82) is 5.26 Å². The average Bonchev–Trinajstić information content (AvgIpc) is 2.66. The van der Waals surface area contributed by atoms with E-state index in [0.29, 0.717) is 6.42 Å². The van der Waals surface area contributed by atoms with Crippen LogP contribution in [0.15, 0.2) is 36.5 Å². The SMILES string of the molecule is Cc1ccnn1-c1ccc(CC#N)cc1. The van der Waals surface area contributed by atoms with Crippen molar-refractivity contribution in [1.82, 2.24) is 9.78 Å². The van der Waals surface area contributed by atoms with Gasteiger partial charge < -0.3 is 0 Å². The third-order valence-corrected chi connectivity index (χ3v) is 2.30. The summed E-state index contributed by atoms with van der Waals surface area (Å²) in [6.45, 7) is 2.01. The van der Waals surface area contributed by atoms with Gasteiger partial charge in [-0.25, -0.2) is 4.68 Å². The van der Waals surface area contributed by atoms with E-state index in [1.165, 1.54) is 0 Å². The Kier molecular flexibility index (Phi) is 2.51. The van der Waals surface area contributed by atoms with E-state index in [1.54, 1.807) is 6.20 Å². The number of hydrogen-bond donors (Lipinski definition) is 0. The first-order valence-corrected chi connectivity index (χ1v) is 4.78. The zero-order valence-electron chi connectivity index (χ0n) is 8.51. The zero-order chi connectivity index (χ0) is 10.7. The topological polar surface area (TPSA) is 41.6 Å². The van der Waals surface area contributed by atoms with Gasteiger partial charge in [-0.1, -0.05) is 12.1 Å². The molecule has 0 amide bonds. The number of aromatic nitrogens is 2. The lowest BCUT2D eigenvalue weighted by molar-refractivity contribution is 0.846. The van der Waals surface area contributed by atoms with Gasteiger partial charge >= 0.3 is 0 Å². The first kappa shape index (κ1) is 9.47. The van der Waals surface area contributed by atoms with Gasteiger partial charge in [0, 0.05) is 11.9 Å². The molecule has 3 nitrogen and oxygen atoms in total. The van der Waals surface area contributed by atoms with Gasteiger partial charge in [-0.05, 0) is 30.7 Å². The Labute approximate surface area is 88.6 Å². The van der Waals surface area contributed by atoms with E-state index < -0.39 is 0 Å². The van der Waals surface area contributed by atoms with Crippen LogP contribution < -0.4 is 0 Å². The number of benzene rings is 1. The summed E-state index contributed by atoms with van der Waals surface area (Å²) in [5.41, 5.74) is 3.16. The van der Waals surface area contributed by atoms with Crippen molar-refractivity contribution in [3.63, 3.8) is 0 Å². The van der Waals surface area contributed by atoms with Crippen LogP contribution in [0.1, 0.15) is 11.3 Å². The van der Waals surface area contributed by atoms with Gasteiger partial charge in [-0.3, -0.25) is 0 Å². The van der Waals surface area contributed by atoms with Crippen molar-refractivity contribution in [2.75, 3.05) is 0 Å². The Morgan fingerprint density at radius 2 is 2.00 bits per heavy atom. The van der Waals surface area contributed by atoms with Crippen molar-refractivity contribution in [3.8, 4) is 11.8 Å². The molecule has 0 saturated carbocycles. The van der Waals surface area contributed by atoms with E-state index >= 15 is 0 Å². The Hall–Kier alpha value is -2.08. The molecule has 3 heteroatoms. The largest absolute Gasteiger partial charge is 0.238 e. The highest BCUT2D eigenvalue weighted by Gasteiger charge is 2.00. The van der Waals surface area contributed by atoms with E-state index in [1.807, 2.05) is 41.9 Å².